The molecule has 1 aliphatic carbocycles. The van der Waals surface area contributed by atoms with Gasteiger partial charge >= 0.3 is 6.01 Å². The van der Waals surface area contributed by atoms with Gasteiger partial charge in [-0.1, -0.05) is 0 Å². The first-order chi connectivity index (χ1) is 9.16. The molecule has 0 aromatic carbocycles. The Hall–Kier alpha value is -1.21. The van der Waals surface area contributed by atoms with Crippen molar-refractivity contribution in [3.63, 3.8) is 0 Å². The molecule has 7 heteroatoms. The Labute approximate surface area is 112 Å². The highest BCUT2D eigenvalue weighted by molar-refractivity contribution is 7.90. The maximum absolute atomic E-state index is 12.2. The van der Waals surface area contributed by atoms with Gasteiger partial charge in [0, 0.05) is 18.9 Å². The van der Waals surface area contributed by atoms with Crippen molar-refractivity contribution >= 4 is 10.0 Å². The van der Waals surface area contributed by atoms with Crippen LogP contribution in [0.3, 0.4) is 0 Å². The van der Waals surface area contributed by atoms with Crippen LogP contribution < -0.4 is 4.74 Å². The minimum absolute atomic E-state index is 0.148. The molecule has 0 amide bonds. The molecule has 2 fully saturated rings. The van der Waals surface area contributed by atoms with Gasteiger partial charge in [0.1, 0.15) is 6.10 Å². The number of aromatic nitrogens is 2. The molecule has 1 aliphatic heterocycles. The molecule has 0 bridgehead atoms. The second kappa shape index (κ2) is 5.05. The van der Waals surface area contributed by atoms with Crippen molar-refractivity contribution in [3.05, 3.63) is 18.5 Å². The van der Waals surface area contributed by atoms with E-state index >= 15 is 0 Å². The lowest BCUT2D eigenvalue weighted by atomic mass is 10.1. The van der Waals surface area contributed by atoms with Crippen molar-refractivity contribution < 1.29 is 13.2 Å². The van der Waals surface area contributed by atoms with Gasteiger partial charge in [-0.15, -0.1) is 0 Å². The molecule has 3 rings (SSSR count). The number of rotatable bonds is 4. The molecule has 1 aromatic rings. The van der Waals surface area contributed by atoms with Crippen LogP contribution in [0, 0.1) is 0 Å². The summed E-state index contributed by atoms with van der Waals surface area (Å²) in [5, 5.41) is -0.153. The zero-order chi connectivity index (χ0) is 13.3. The van der Waals surface area contributed by atoms with Crippen LogP contribution >= 0.6 is 0 Å². The Morgan fingerprint density at radius 1 is 1.21 bits per heavy atom. The molecule has 1 aromatic heterocycles. The van der Waals surface area contributed by atoms with E-state index in [0.29, 0.717) is 19.1 Å². The van der Waals surface area contributed by atoms with E-state index in [4.69, 9.17) is 4.74 Å². The summed E-state index contributed by atoms with van der Waals surface area (Å²) >= 11 is 0. The van der Waals surface area contributed by atoms with Gasteiger partial charge in [-0.2, -0.15) is 4.31 Å². The number of nitrogens with zero attached hydrogens (tertiary/aromatic N) is 3. The lowest BCUT2D eigenvalue weighted by molar-refractivity contribution is 0.119. The van der Waals surface area contributed by atoms with Gasteiger partial charge in [0.15, 0.2) is 0 Å². The Kier molecular flexibility index (Phi) is 3.40. The first kappa shape index (κ1) is 12.8. The quantitative estimate of drug-likeness (QED) is 0.817. The molecule has 0 unspecified atom stereocenters. The van der Waals surface area contributed by atoms with Crippen LogP contribution in [0.5, 0.6) is 6.01 Å². The molecule has 0 N–H and O–H groups in total. The molecule has 1 saturated carbocycles. The lowest BCUT2D eigenvalue weighted by Gasteiger charge is -2.31. The summed E-state index contributed by atoms with van der Waals surface area (Å²) in [5.74, 6) is 0. The molecular formula is C12H17N3O3S. The molecule has 0 radical (unpaired) electrons. The molecule has 104 valence electrons. The summed E-state index contributed by atoms with van der Waals surface area (Å²) in [4.78, 5) is 8.01. The number of hydrogen-bond acceptors (Lipinski definition) is 5. The molecule has 0 spiro atoms. The molecular weight excluding hydrogens is 266 g/mol. The Morgan fingerprint density at radius 2 is 1.95 bits per heavy atom. The molecule has 6 nitrogen and oxygen atoms in total. The van der Waals surface area contributed by atoms with Crippen LogP contribution in [-0.2, 0) is 10.0 Å². The first-order valence-corrected chi connectivity index (χ1v) is 8.09. The molecule has 1 saturated heterocycles. The van der Waals surface area contributed by atoms with Crippen LogP contribution in [0.1, 0.15) is 25.7 Å². The fourth-order valence-corrected chi connectivity index (χ4v) is 4.22. The van der Waals surface area contributed by atoms with Crippen molar-refractivity contribution in [2.24, 2.45) is 0 Å². The zero-order valence-corrected chi connectivity index (χ0v) is 11.4. The van der Waals surface area contributed by atoms with E-state index in [0.717, 1.165) is 25.7 Å². The number of hydrogen-bond donors (Lipinski definition) is 0. The van der Waals surface area contributed by atoms with E-state index < -0.39 is 10.0 Å². The van der Waals surface area contributed by atoms with Crippen LogP contribution in [0.25, 0.3) is 0 Å². The first-order valence-electron chi connectivity index (χ1n) is 6.59. The van der Waals surface area contributed by atoms with Crippen LogP contribution in [0.15, 0.2) is 18.5 Å². The highest BCUT2D eigenvalue weighted by Gasteiger charge is 2.41. The van der Waals surface area contributed by atoms with Crippen molar-refractivity contribution in [1.82, 2.24) is 14.3 Å². The fraction of sp³-hybridized carbons (Fsp3) is 0.667. The van der Waals surface area contributed by atoms with Crippen molar-refractivity contribution in [3.8, 4) is 6.01 Å². The highest BCUT2D eigenvalue weighted by atomic mass is 32.2. The smallest absolute Gasteiger partial charge is 0.316 e. The average Bonchev–Trinajstić information content (AvgIpc) is 3.25. The van der Waals surface area contributed by atoms with Gasteiger partial charge in [0.25, 0.3) is 0 Å². The van der Waals surface area contributed by atoms with E-state index in [2.05, 4.69) is 9.97 Å². The Bertz CT molecular complexity index is 530. The minimum Gasteiger partial charge on any atom is -0.459 e. The van der Waals surface area contributed by atoms with Crippen LogP contribution in [-0.4, -0.2) is 47.1 Å². The topological polar surface area (TPSA) is 72.4 Å². The lowest BCUT2D eigenvalue weighted by Crippen LogP contribution is -2.45. The molecule has 19 heavy (non-hydrogen) atoms. The maximum Gasteiger partial charge on any atom is 0.316 e. The summed E-state index contributed by atoms with van der Waals surface area (Å²) < 4.78 is 31.6. The fourth-order valence-electron chi connectivity index (χ4n) is 2.30. The standard InChI is InChI=1S/C12H17N3O3S/c16-19(17,11-4-5-11)15-8-1-3-10(9-15)18-12-13-6-2-7-14-12/h2,6-7,10-11H,1,3-5,8-9H2/t10-/m1/s1. The molecule has 2 heterocycles. The SMILES string of the molecule is O=S(=O)(C1CC1)N1CCC[C@@H](Oc2ncccn2)C1. The predicted molar refractivity (Wildman–Crippen MR) is 69.2 cm³/mol. The zero-order valence-electron chi connectivity index (χ0n) is 10.6. The summed E-state index contributed by atoms with van der Waals surface area (Å²) in [6, 6.07) is 2.04. The maximum atomic E-state index is 12.2. The van der Waals surface area contributed by atoms with Crippen molar-refractivity contribution in [1.29, 1.82) is 0 Å². The van der Waals surface area contributed by atoms with Crippen molar-refractivity contribution in [2.45, 2.75) is 37.0 Å². The van der Waals surface area contributed by atoms with E-state index in [1.807, 2.05) is 0 Å². The van der Waals surface area contributed by atoms with Gasteiger partial charge in [-0.25, -0.2) is 18.4 Å². The highest BCUT2D eigenvalue weighted by Crippen LogP contribution is 2.32. The molecule has 1 atom stereocenters. The third-order valence-corrected chi connectivity index (χ3v) is 5.83. The monoisotopic (exact) mass is 283 g/mol. The van der Waals surface area contributed by atoms with E-state index in [1.54, 1.807) is 22.8 Å². The van der Waals surface area contributed by atoms with Gasteiger partial charge in [0.2, 0.25) is 10.0 Å². The number of piperidine rings is 1. The van der Waals surface area contributed by atoms with Crippen LogP contribution in [0.2, 0.25) is 0 Å². The number of ether oxygens (including phenoxy) is 1. The Morgan fingerprint density at radius 3 is 2.63 bits per heavy atom. The average molecular weight is 283 g/mol. The second-order valence-electron chi connectivity index (χ2n) is 5.02. The minimum atomic E-state index is -3.10. The largest absolute Gasteiger partial charge is 0.459 e. The summed E-state index contributed by atoms with van der Waals surface area (Å²) in [6.07, 6.45) is 6.34. The van der Waals surface area contributed by atoms with Gasteiger partial charge in [0.05, 0.1) is 11.8 Å². The third kappa shape index (κ3) is 2.87. The predicted octanol–water partition coefficient (Wildman–Crippen LogP) is 0.812. The van der Waals surface area contributed by atoms with E-state index in [9.17, 15) is 8.42 Å². The molecule has 2 aliphatic rings. The van der Waals surface area contributed by atoms with E-state index in [-0.39, 0.29) is 11.4 Å². The summed E-state index contributed by atoms with van der Waals surface area (Å²) in [5.41, 5.74) is 0. The van der Waals surface area contributed by atoms with Crippen LogP contribution in [0.4, 0.5) is 0 Å². The van der Waals surface area contributed by atoms with Crippen molar-refractivity contribution in [2.75, 3.05) is 13.1 Å². The van der Waals surface area contributed by atoms with Gasteiger partial charge in [-0.05, 0) is 31.7 Å². The third-order valence-electron chi connectivity index (χ3n) is 3.46. The Balaban J connectivity index is 1.65. The summed E-state index contributed by atoms with van der Waals surface area (Å²) in [7, 11) is -3.10. The van der Waals surface area contributed by atoms with Gasteiger partial charge in [-0.3, -0.25) is 0 Å². The normalized spacial score (nSPS) is 25.2. The summed E-state index contributed by atoms with van der Waals surface area (Å²) in [6.45, 7) is 1.02. The number of sulfonamides is 1. The van der Waals surface area contributed by atoms with E-state index in [1.165, 1.54) is 0 Å². The second-order valence-corrected chi connectivity index (χ2v) is 7.23. The van der Waals surface area contributed by atoms with Gasteiger partial charge < -0.3 is 4.74 Å².